The lowest BCUT2D eigenvalue weighted by atomic mass is 10.1. The Labute approximate surface area is 114 Å². The number of amides is 1. The molecular formula is C15H22N2O2. The van der Waals surface area contributed by atoms with Crippen molar-refractivity contribution in [3.63, 3.8) is 0 Å². The van der Waals surface area contributed by atoms with Gasteiger partial charge in [-0.2, -0.15) is 0 Å². The van der Waals surface area contributed by atoms with Crippen LogP contribution in [-0.4, -0.2) is 41.6 Å². The Morgan fingerprint density at radius 3 is 3.05 bits per heavy atom. The van der Waals surface area contributed by atoms with Crippen molar-refractivity contribution in [2.75, 3.05) is 19.6 Å². The molecule has 1 aromatic rings. The maximum absolute atomic E-state index is 12.1. The number of phenolic OH excluding ortho intramolecular Hbond substituents is 1. The number of benzene rings is 1. The summed E-state index contributed by atoms with van der Waals surface area (Å²) in [5.74, 6) is 0.0695. The average Bonchev–Trinajstić information content (AvgIpc) is 2.86. The number of phenols is 1. The fourth-order valence-electron chi connectivity index (χ4n) is 2.72. The van der Waals surface area contributed by atoms with E-state index in [1.54, 1.807) is 25.1 Å². The van der Waals surface area contributed by atoms with E-state index in [4.69, 9.17) is 0 Å². The first kappa shape index (κ1) is 13.9. The van der Waals surface area contributed by atoms with E-state index < -0.39 is 0 Å². The number of carbonyl (C=O) groups is 1. The molecule has 1 heterocycles. The number of nitrogens with zero attached hydrogens (tertiary/aromatic N) is 1. The predicted octanol–water partition coefficient (Wildman–Crippen LogP) is 1.91. The first-order chi connectivity index (χ1) is 9.13. The maximum atomic E-state index is 12.1. The van der Waals surface area contributed by atoms with E-state index in [9.17, 15) is 9.90 Å². The van der Waals surface area contributed by atoms with Gasteiger partial charge in [0.1, 0.15) is 5.75 Å². The summed E-state index contributed by atoms with van der Waals surface area (Å²) >= 11 is 0. The Morgan fingerprint density at radius 2 is 2.32 bits per heavy atom. The average molecular weight is 262 g/mol. The molecule has 2 N–H and O–H groups in total. The largest absolute Gasteiger partial charge is 0.508 e. The Morgan fingerprint density at radius 1 is 1.53 bits per heavy atom. The number of likely N-dealkylation sites (N-methyl/N-ethyl adjacent to an activating group) is 1. The highest BCUT2D eigenvalue weighted by Gasteiger charge is 2.23. The molecule has 0 aliphatic carbocycles. The van der Waals surface area contributed by atoms with Crippen LogP contribution in [0.25, 0.3) is 0 Å². The fraction of sp³-hybridized carbons (Fsp3) is 0.533. The van der Waals surface area contributed by atoms with Crippen LogP contribution in [0.4, 0.5) is 0 Å². The molecule has 19 heavy (non-hydrogen) atoms. The van der Waals surface area contributed by atoms with Crippen molar-refractivity contribution in [2.24, 2.45) is 0 Å². The van der Waals surface area contributed by atoms with E-state index in [2.05, 4.69) is 17.1 Å². The van der Waals surface area contributed by atoms with Gasteiger partial charge in [0, 0.05) is 23.7 Å². The predicted molar refractivity (Wildman–Crippen MR) is 75.4 cm³/mol. The highest BCUT2D eigenvalue weighted by molar-refractivity contribution is 5.96. The molecule has 104 valence electrons. The molecular weight excluding hydrogens is 240 g/mol. The molecule has 4 heteroatoms. The lowest BCUT2D eigenvalue weighted by Gasteiger charge is -2.23. The van der Waals surface area contributed by atoms with Crippen LogP contribution < -0.4 is 5.32 Å². The number of nitrogens with one attached hydrogen (secondary N) is 1. The molecule has 1 aliphatic heterocycles. The molecule has 1 unspecified atom stereocenters. The third kappa shape index (κ3) is 3.07. The second-order valence-electron chi connectivity index (χ2n) is 5.08. The Bertz CT molecular complexity index is 459. The van der Waals surface area contributed by atoms with Gasteiger partial charge in [-0.15, -0.1) is 0 Å². The summed E-state index contributed by atoms with van der Waals surface area (Å²) in [6, 6.07) is 5.50. The van der Waals surface area contributed by atoms with Gasteiger partial charge in [-0.1, -0.05) is 13.0 Å². The van der Waals surface area contributed by atoms with Gasteiger partial charge in [0.05, 0.1) is 0 Å². The first-order valence-corrected chi connectivity index (χ1v) is 6.94. The van der Waals surface area contributed by atoms with Crippen LogP contribution >= 0.6 is 0 Å². The lowest BCUT2D eigenvalue weighted by Crippen LogP contribution is -2.40. The minimum atomic E-state index is -0.101. The lowest BCUT2D eigenvalue weighted by molar-refractivity contribution is 0.0940. The van der Waals surface area contributed by atoms with Crippen molar-refractivity contribution < 1.29 is 9.90 Å². The van der Waals surface area contributed by atoms with Gasteiger partial charge in [-0.25, -0.2) is 0 Å². The van der Waals surface area contributed by atoms with Crippen molar-refractivity contribution in [3.8, 4) is 5.75 Å². The zero-order valence-corrected chi connectivity index (χ0v) is 11.6. The van der Waals surface area contributed by atoms with E-state index in [1.165, 1.54) is 6.42 Å². The molecule has 2 rings (SSSR count). The zero-order chi connectivity index (χ0) is 13.8. The van der Waals surface area contributed by atoms with Crippen molar-refractivity contribution in [1.82, 2.24) is 10.2 Å². The quantitative estimate of drug-likeness (QED) is 0.871. The molecule has 1 aliphatic rings. The minimum Gasteiger partial charge on any atom is -0.508 e. The van der Waals surface area contributed by atoms with E-state index in [1.807, 2.05) is 0 Å². The molecule has 0 aromatic heterocycles. The third-order valence-corrected chi connectivity index (χ3v) is 3.95. The third-order valence-electron chi connectivity index (χ3n) is 3.95. The molecule has 0 spiro atoms. The van der Waals surface area contributed by atoms with E-state index >= 15 is 0 Å². The second kappa shape index (κ2) is 6.06. The molecule has 1 saturated heterocycles. The fourth-order valence-corrected chi connectivity index (χ4v) is 2.72. The summed E-state index contributed by atoms with van der Waals surface area (Å²) in [5, 5.41) is 12.6. The molecule has 0 radical (unpaired) electrons. The summed E-state index contributed by atoms with van der Waals surface area (Å²) in [6.07, 6.45) is 2.35. The normalized spacial score (nSPS) is 19.6. The van der Waals surface area contributed by atoms with Gasteiger partial charge < -0.3 is 10.4 Å². The molecule has 1 fully saturated rings. The Kier molecular flexibility index (Phi) is 4.43. The van der Waals surface area contributed by atoms with Crippen molar-refractivity contribution in [3.05, 3.63) is 29.3 Å². The SMILES string of the molecule is CCN1CCCC1CNC(=O)c1cccc(O)c1C. The maximum Gasteiger partial charge on any atom is 0.251 e. The van der Waals surface area contributed by atoms with E-state index in [0.717, 1.165) is 19.5 Å². The van der Waals surface area contributed by atoms with Crippen LogP contribution in [0.5, 0.6) is 5.75 Å². The minimum absolute atomic E-state index is 0.101. The summed E-state index contributed by atoms with van der Waals surface area (Å²) < 4.78 is 0. The summed E-state index contributed by atoms with van der Waals surface area (Å²) in [6.45, 7) is 6.76. The van der Waals surface area contributed by atoms with E-state index in [-0.39, 0.29) is 11.7 Å². The van der Waals surface area contributed by atoms with Crippen molar-refractivity contribution in [2.45, 2.75) is 32.7 Å². The van der Waals surface area contributed by atoms with Crippen LogP contribution in [0.1, 0.15) is 35.7 Å². The summed E-state index contributed by atoms with van der Waals surface area (Å²) in [7, 11) is 0. The van der Waals surface area contributed by atoms with Crippen LogP contribution in [0.3, 0.4) is 0 Å². The molecule has 4 nitrogen and oxygen atoms in total. The number of aromatic hydroxyl groups is 1. The Hall–Kier alpha value is -1.55. The van der Waals surface area contributed by atoms with Crippen LogP contribution in [0.2, 0.25) is 0 Å². The smallest absolute Gasteiger partial charge is 0.251 e. The number of rotatable bonds is 4. The number of hydrogen-bond acceptors (Lipinski definition) is 3. The van der Waals surface area contributed by atoms with Gasteiger partial charge in [0.25, 0.3) is 5.91 Å². The van der Waals surface area contributed by atoms with Crippen LogP contribution in [0.15, 0.2) is 18.2 Å². The van der Waals surface area contributed by atoms with Gasteiger partial charge in [0.15, 0.2) is 0 Å². The molecule has 0 bridgehead atoms. The summed E-state index contributed by atoms with van der Waals surface area (Å²) in [4.78, 5) is 14.5. The van der Waals surface area contributed by atoms with Gasteiger partial charge in [0.2, 0.25) is 0 Å². The highest BCUT2D eigenvalue weighted by atomic mass is 16.3. The monoisotopic (exact) mass is 262 g/mol. The highest BCUT2D eigenvalue weighted by Crippen LogP contribution is 2.20. The molecule has 1 atom stereocenters. The van der Waals surface area contributed by atoms with E-state index in [0.29, 0.717) is 23.7 Å². The first-order valence-electron chi connectivity index (χ1n) is 6.94. The van der Waals surface area contributed by atoms with Crippen LogP contribution in [0, 0.1) is 6.92 Å². The van der Waals surface area contributed by atoms with Crippen LogP contribution in [-0.2, 0) is 0 Å². The number of likely N-dealkylation sites (tertiary alicyclic amines) is 1. The van der Waals surface area contributed by atoms with Gasteiger partial charge >= 0.3 is 0 Å². The number of hydrogen-bond donors (Lipinski definition) is 2. The Balaban J connectivity index is 1.96. The van der Waals surface area contributed by atoms with Gasteiger partial charge in [-0.3, -0.25) is 9.69 Å². The molecule has 1 amide bonds. The number of carbonyl (C=O) groups excluding carboxylic acids is 1. The van der Waals surface area contributed by atoms with Crippen molar-refractivity contribution in [1.29, 1.82) is 0 Å². The second-order valence-corrected chi connectivity index (χ2v) is 5.08. The topological polar surface area (TPSA) is 52.6 Å². The van der Waals surface area contributed by atoms with Crippen molar-refractivity contribution >= 4 is 5.91 Å². The summed E-state index contributed by atoms with van der Waals surface area (Å²) in [5.41, 5.74) is 1.19. The van der Waals surface area contributed by atoms with Gasteiger partial charge in [-0.05, 0) is 45.0 Å². The standard InChI is InChI=1S/C15H22N2O2/c1-3-17-9-5-6-12(17)10-16-15(19)13-7-4-8-14(18)11(13)2/h4,7-8,12,18H,3,5-6,9-10H2,1-2H3,(H,16,19). The molecule has 0 saturated carbocycles. The zero-order valence-electron chi connectivity index (χ0n) is 11.6. The molecule has 1 aromatic carbocycles.